The first kappa shape index (κ1) is 10.3. The Hall–Kier alpha value is -1.84. The maximum atomic E-state index is 10.3. The van der Waals surface area contributed by atoms with Crippen molar-refractivity contribution in [3.63, 3.8) is 0 Å². The molecule has 0 bridgehead atoms. The molecule has 0 aromatic heterocycles. The summed E-state index contributed by atoms with van der Waals surface area (Å²) in [5.41, 5.74) is 0.733. The quantitative estimate of drug-likeness (QED) is 0.811. The van der Waals surface area contributed by atoms with Gasteiger partial charge in [0, 0.05) is 18.8 Å². The zero-order valence-electron chi connectivity index (χ0n) is 9.50. The third-order valence-electron chi connectivity index (χ3n) is 2.96. The van der Waals surface area contributed by atoms with E-state index in [2.05, 4.69) is 0 Å². The molecule has 3 nitrogen and oxygen atoms in total. The standard InChI is InChI=1S/C14H13NO2/c1-15-9-8-14(16,17-15)13-7-6-11-4-2-3-5-12(11)10-13/h2-10,16H,1H3. The number of fused-ring (bicyclic) bond motifs is 1. The van der Waals surface area contributed by atoms with Crippen LogP contribution in [0.4, 0.5) is 0 Å². The minimum atomic E-state index is -1.35. The second-order valence-corrected chi connectivity index (χ2v) is 4.21. The van der Waals surface area contributed by atoms with Gasteiger partial charge in [-0.25, -0.2) is 4.84 Å². The van der Waals surface area contributed by atoms with E-state index in [1.54, 1.807) is 19.3 Å². The second-order valence-electron chi connectivity index (χ2n) is 4.21. The van der Waals surface area contributed by atoms with Crippen LogP contribution in [0.3, 0.4) is 0 Å². The predicted octanol–water partition coefficient (Wildman–Crippen LogP) is 2.38. The molecule has 3 heteroatoms. The van der Waals surface area contributed by atoms with Gasteiger partial charge in [-0.1, -0.05) is 36.4 Å². The van der Waals surface area contributed by atoms with Crippen LogP contribution in [0.25, 0.3) is 10.8 Å². The van der Waals surface area contributed by atoms with E-state index in [1.165, 1.54) is 5.06 Å². The molecule has 1 heterocycles. The lowest BCUT2D eigenvalue weighted by molar-refractivity contribution is -0.267. The number of rotatable bonds is 1. The van der Waals surface area contributed by atoms with Crippen LogP contribution >= 0.6 is 0 Å². The van der Waals surface area contributed by atoms with Crippen LogP contribution in [0.15, 0.2) is 54.7 Å². The highest BCUT2D eigenvalue weighted by atomic mass is 16.8. The van der Waals surface area contributed by atoms with E-state index >= 15 is 0 Å². The number of benzene rings is 2. The van der Waals surface area contributed by atoms with Gasteiger partial charge in [-0.05, 0) is 22.9 Å². The number of hydrogen-bond acceptors (Lipinski definition) is 3. The molecule has 0 saturated carbocycles. The third-order valence-corrected chi connectivity index (χ3v) is 2.96. The van der Waals surface area contributed by atoms with Crippen LogP contribution in [0, 0.1) is 0 Å². The van der Waals surface area contributed by atoms with Gasteiger partial charge >= 0.3 is 0 Å². The van der Waals surface area contributed by atoms with Crippen molar-refractivity contribution in [3.05, 3.63) is 60.3 Å². The van der Waals surface area contributed by atoms with Crippen molar-refractivity contribution < 1.29 is 9.94 Å². The average molecular weight is 227 g/mol. The van der Waals surface area contributed by atoms with Crippen LogP contribution in [0.1, 0.15) is 5.56 Å². The molecule has 17 heavy (non-hydrogen) atoms. The van der Waals surface area contributed by atoms with E-state index in [0.717, 1.165) is 16.3 Å². The molecule has 2 aromatic rings. The van der Waals surface area contributed by atoms with E-state index in [-0.39, 0.29) is 0 Å². The summed E-state index contributed by atoms with van der Waals surface area (Å²) < 4.78 is 0. The molecule has 1 unspecified atom stereocenters. The summed E-state index contributed by atoms with van der Waals surface area (Å²) >= 11 is 0. The highest BCUT2D eigenvalue weighted by molar-refractivity contribution is 5.83. The van der Waals surface area contributed by atoms with Gasteiger partial charge in [-0.2, -0.15) is 0 Å². The van der Waals surface area contributed by atoms with E-state index in [4.69, 9.17) is 4.84 Å². The van der Waals surface area contributed by atoms with Crippen molar-refractivity contribution in [1.29, 1.82) is 0 Å². The summed E-state index contributed by atoms with van der Waals surface area (Å²) in [5, 5.41) is 14.1. The van der Waals surface area contributed by atoms with E-state index in [0.29, 0.717) is 0 Å². The number of nitrogens with zero attached hydrogens (tertiary/aromatic N) is 1. The van der Waals surface area contributed by atoms with Crippen molar-refractivity contribution in [2.45, 2.75) is 5.79 Å². The molecular formula is C14H13NO2. The first-order chi connectivity index (χ1) is 8.17. The second kappa shape index (κ2) is 3.58. The Morgan fingerprint density at radius 1 is 1.12 bits per heavy atom. The minimum Gasteiger partial charge on any atom is -0.357 e. The highest BCUT2D eigenvalue weighted by Crippen LogP contribution is 2.31. The zero-order chi connectivity index (χ0) is 11.9. The molecule has 0 amide bonds. The van der Waals surface area contributed by atoms with E-state index < -0.39 is 5.79 Å². The van der Waals surface area contributed by atoms with Crippen molar-refractivity contribution in [3.8, 4) is 0 Å². The summed E-state index contributed by atoms with van der Waals surface area (Å²) in [4.78, 5) is 5.36. The molecule has 1 aliphatic heterocycles. The molecule has 1 N–H and O–H groups in total. The minimum absolute atomic E-state index is 0.733. The van der Waals surface area contributed by atoms with Gasteiger partial charge in [0.1, 0.15) is 0 Å². The van der Waals surface area contributed by atoms with Crippen LogP contribution in [-0.2, 0) is 10.6 Å². The molecule has 3 rings (SSSR count). The Morgan fingerprint density at radius 2 is 1.88 bits per heavy atom. The van der Waals surface area contributed by atoms with Gasteiger partial charge < -0.3 is 5.11 Å². The molecule has 2 aromatic carbocycles. The molecule has 86 valence electrons. The lowest BCUT2D eigenvalue weighted by atomic mass is 10.0. The van der Waals surface area contributed by atoms with E-state index in [9.17, 15) is 5.11 Å². The van der Waals surface area contributed by atoms with E-state index in [1.807, 2.05) is 42.5 Å². The summed E-state index contributed by atoms with van der Waals surface area (Å²) in [6, 6.07) is 13.8. The molecule has 0 spiro atoms. The molecule has 1 aliphatic rings. The van der Waals surface area contributed by atoms with Gasteiger partial charge in [0.2, 0.25) is 5.79 Å². The highest BCUT2D eigenvalue weighted by Gasteiger charge is 2.33. The van der Waals surface area contributed by atoms with Crippen molar-refractivity contribution in [1.82, 2.24) is 5.06 Å². The smallest absolute Gasteiger partial charge is 0.238 e. The van der Waals surface area contributed by atoms with Crippen molar-refractivity contribution in [2.24, 2.45) is 0 Å². The molecule has 0 radical (unpaired) electrons. The van der Waals surface area contributed by atoms with Crippen molar-refractivity contribution >= 4 is 10.8 Å². The monoisotopic (exact) mass is 227 g/mol. The Balaban J connectivity index is 2.10. The van der Waals surface area contributed by atoms with Gasteiger partial charge in [0.25, 0.3) is 0 Å². The van der Waals surface area contributed by atoms with Crippen LogP contribution < -0.4 is 0 Å². The van der Waals surface area contributed by atoms with Gasteiger partial charge in [0.15, 0.2) is 0 Å². The van der Waals surface area contributed by atoms with Crippen molar-refractivity contribution in [2.75, 3.05) is 7.05 Å². The Kier molecular flexibility index (Phi) is 2.18. The fourth-order valence-corrected chi connectivity index (χ4v) is 2.05. The summed E-state index contributed by atoms with van der Waals surface area (Å²) in [5.74, 6) is -1.35. The predicted molar refractivity (Wildman–Crippen MR) is 65.8 cm³/mol. The average Bonchev–Trinajstić information content (AvgIpc) is 2.70. The first-order valence-corrected chi connectivity index (χ1v) is 5.50. The number of aliphatic hydroxyl groups is 1. The summed E-state index contributed by atoms with van der Waals surface area (Å²) in [6.45, 7) is 0. The number of hydrogen-bond donors (Lipinski definition) is 1. The summed E-state index contributed by atoms with van der Waals surface area (Å²) in [6.07, 6.45) is 3.34. The Morgan fingerprint density at radius 3 is 2.59 bits per heavy atom. The van der Waals surface area contributed by atoms with Crippen LogP contribution in [0.2, 0.25) is 0 Å². The molecule has 0 fully saturated rings. The largest absolute Gasteiger partial charge is 0.357 e. The fourth-order valence-electron chi connectivity index (χ4n) is 2.05. The maximum Gasteiger partial charge on any atom is 0.238 e. The topological polar surface area (TPSA) is 32.7 Å². The molecule has 0 aliphatic carbocycles. The van der Waals surface area contributed by atoms with Crippen LogP contribution in [0.5, 0.6) is 0 Å². The van der Waals surface area contributed by atoms with Gasteiger partial charge in [-0.15, -0.1) is 0 Å². The lowest BCUT2D eigenvalue weighted by Gasteiger charge is -2.22. The lowest BCUT2D eigenvalue weighted by Crippen LogP contribution is -2.27. The zero-order valence-corrected chi connectivity index (χ0v) is 9.50. The van der Waals surface area contributed by atoms with Crippen LogP contribution in [-0.4, -0.2) is 17.2 Å². The summed E-state index contributed by atoms with van der Waals surface area (Å²) in [7, 11) is 1.75. The Labute approximate surface area is 99.5 Å². The van der Waals surface area contributed by atoms with Gasteiger partial charge in [-0.3, -0.25) is 5.06 Å². The van der Waals surface area contributed by atoms with Gasteiger partial charge in [0.05, 0.1) is 0 Å². The normalized spacial score (nSPS) is 23.5. The third kappa shape index (κ3) is 1.69. The maximum absolute atomic E-state index is 10.3. The molecular weight excluding hydrogens is 214 g/mol. The first-order valence-electron chi connectivity index (χ1n) is 5.50. The SMILES string of the molecule is CN1C=CC(O)(c2ccc3ccccc3c2)O1. The Bertz CT molecular complexity index is 594. The molecule has 1 atom stereocenters. The number of hydroxylamine groups is 2. The fraction of sp³-hybridized carbons (Fsp3) is 0.143. The molecule has 0 saturated heterocycles.